The molecule has 1 aliphatic carbocycles. The molecule has 2 aromatic carbocycles. The van der Waals surface area contributed by atoms with Crippen molar-refractivity contribution < 1.29 is 19.4 Å². The van der Waals surface area contributed by atoms with E-state index in [1.165, 1.54) is 11.1 Å². The van der Waals surface area contributed by atoms with Crippen molar-refractivity contribution in [1.82, 2.24) is 10.3 Å². The molecule has 7 heteroatoms. The lowest BCUT2D eigenvalue weighted by atomic mass is 9.70. The molecule has 4 rings (SSSR count). The first-order valence-electron chi connectivity index (χ1n) is 11.9. The number of aromatic nitrogens is 1. The van der Waals surface area contributed by atoms with Gasteiger partial charge in [-0.25, -0.2) is 9.78 Å². The van der Waals surface area contributed by atoms with Crippen molar-refractivity contribution in [2.24, 2.45) is 0 Å². The number of hydrogen-bond acceptors (Lipinski definition) is 5. The predicted octanol–water partition coefficient (Wildman–Crippen LogP) is 6.03. The van der Waals surface area contributed by atoms with Crippen LogP contribution in [0.2, 0.25) is 0 Å². The largest absolute Gasteiger partial charge is 0.490 e. The Hall–Kier alpha value is -4.05. The molecular weight excluding hydrogens is 442 g/mol. The molecule has 0 spiro atoms. The van der Waals surface area contributed by atoms with Crippen LogP contribution in [0.4, 0.5) is 4.79 Å². The summed E-state index contributed by atoms with van der Waals surface area (Å²) < 4.78 is 11.9. The van der Waals surface area contributed by atoms with Crippen LogP contribution in [0.5, 0.6) is 17.2 Å². The Labute approximate surface area is 205 Å². The zero-order valence-electron chi connectivity index (χ0n) is 19.9. The van der Waals surface area contributed by atoms with Gasteiger partial charge in [0.1, 0.15) is 35.1 Å². The Morgan fingerprint density at radius 1 is 1.00 bits per heavy atom. The molecule has 0 aliphatic heterocycles. The van der Waals surface area contributed by atoms with Crippen LogP contribution in [-0.4, -0.2) is 28.3 Å². The van der Waals surface area contributed by atoms with Crippen molar-refractivity contribution in [2.45, 2.75) is 57.1 Å². The zero-order chi connectivity index (χ0) is 24.8. The number of nitrogens with one attached hydrogen (secondary N) is 1. The Morgan fingerprint density at radius 2 is 1.57 bits per heavy atom. The molecule has 35 heavy (non-hydrogen) atoms. The minimum absolute atomic E-state index is 0.0234. The lowest BCUT2D eigenvalue weighted by Gasteiger charge is -2.36. The number of rotatable bonds is 9. The molecule has 2 N–H and O–H groups in total. The van der Waals surface area contributed by atoms with Crippen molar-refractivity contribution >= 4 is 6.09 Å². The molecular formula is C28H29N3O4. The number of amides is 1. The maximum atomic E-state index is 10.7. The molecule has 0 bridgehead atoms. The molecule has 1 fully saturated rings. The van der Waals surface area contributed by atoms with Crippen molar-refractivity contribution in [1.29, 1.82) is 5.26 Å². The first-order chi connectivity index (χ1) is 17.0. The van der Waals surface area contributed by atoms with E-state index in [1.54, 1.807) is 18.3 Å². The number of carbonyl (C=O) groups is 1. The van der Waals surface area contributed by atoms with Gasteiger partial charge in [0.15, 0.2) is 0 Å². The second kappa shape index (κ2) is 10.5. The molecule has 0 radical (unpaired) electrons. The molecule has 1 saturated carbocycles. The van der Waals surface area contributed by atoms with Gasteiger partial charge in [-0.05, 0) is 60.4 Å². The number of ether oxygens (including phenoxy) is 2. The Kier molecular flexibility index (Phi) is 7.21. The lowest BCUT2D eigenvalue weighted by molar-refractivity contribution is 0.0833. The molecule has 7 nitrogen and oxygen atoms in total. The molecule has 1 amide bonds. The fourth-order valence-electron chi connectivity index (χ4n) is 4.72. The Balaban J connectivity index is 1.44. The summed E-state index contributed by atoms with van der Waals surface area (Å²) in [5, 5.41) is 20.2. The average Bonchev–Trinajstić information content (AvgIpc) is 2.86. The standard InChI is InChI=1S/C28H29N3O4/c1-3-28(4-2,19-5-10-23(11-6-19)34-25-14-9-21(17-29)30-18-25)20-7-12-24(13-8-20)35-26-15-22(16-26)31-27(32)33/h5-14,18,22,26,31H,3-4,15-16H2,1-2H3,(H,32,33)/t22-,26+. The van der Waals surface area contributed by atoms with Gasteiger partial charge in [-0.3, -0.25) is 0 Å². The quantitative estimate of drug-likeness (QED) is 0.395. The number of benzene rings is 2. The van der Waals surface area contributed by atoms with Gasteiger partial charge in [0.05, 0.1) is 6.20 Å². The van der Waals surface area contributed by atoms with Crippen molar-refractivity contribution in [3.63, 3.8) is 0 Å². The van der Waals surface area contributed by atoms with Crippen LogP contribution in [0, 0.1) is 11.3 Å². The van der Waals surface area contributed by atoms with E-state index in [2.05, 4.69) is 48.4 Å². The minimum atomic E-state index is -0.987. The van der Waals surface area contributed by atoms with Crippen LogP contribution < -0.4 is 14.8 Å². The lowest BCUT2D eigenvalue weighted by Crippen LogP contribution is -2.48. The zero-order valence-corrected chi connectivity index (χ0v) is 19.9. The summed E-state index contributed by atoms with van der Waals surface area (Å²) in [5.74, 6) is 2.09. The highest BCUT2D eigenvalue weighted by Gasteiger charge is 2.33. The fraction of sp³-hybridized carbons (Fsp3) is 0.321. The maximum absolute atomic E-state index is 10.7. The van der Waals surface area contributed by atoms with E-state index < -0.39 is 6.09 Å². The second-order valence-electron chi connectivity index (χ2n) is 8.79. The van der Waals surface area contributed by atoms with Crippen molar-refractivity contribution in [3.05, 3.63) is 83.7 Å². The van der Waals surface area contributed by atoms with Gasteiger partial charge < -0.3 is 19.9 Å². The predicted molar refractivity (Wildman–Crippen MR) is 132 cm³/mol. The topological polar surface area (TPSA) is 104 Å². The Morgan fingerprint density at radius 3 is 2.06 bits per heavy atom. The third-order valence-corrected chi connectivity index (χ3v) is 6.83. The second-order valence-corrected chi connectivity index (χ2v) is 8.79. The Bertz CT molecular complexity index is 1170. The SMILES string of the molecule is CCC(CC)(c1ccc(Oc2ccc(C#N)nc2)cc1)c1ccc(O[C@H]2C[C@@H](NC(=O)O)C2)cc1. The molecule has 0 saturated heterocycles. The van der Waals surface area contributed by atoms with E-state index in [-0.39, 0.29) is 17.6 Å². The van der Waals surface area contributed by atoms with Gasteiger partial charge in [-0.15, -0.1) is 0 Å². The number of hydrogen-bond donors (Lipinski definition) is 2. The van der Waals surface area contributed by atoms with Crippen molar-refractivity contribution in [2.75, 3.05) is 0 Å². The first kappa shape index (κ1) is 24.1. The van der Waals surface area contributed by atoms with E-state index >= 15 is 0 Å². The van der Waals surface area contributed by atoms with Gasteiger partial charge in [0.25, 0.3) is 0 Å². The highest BCUT2D eigenvalue weighted by atomic mass is 16.5. The summed E-state index contributed by atoms with van der Waals surface area (Å²) >= 11 is 0. The van der Waals surface area contributed by atoms with Gasteiger partial charge in [-0.1, -0.05) is 38.1 Å². The van der Waals surface area contributed by atoms with E-state index in [1.807, 2.05) is 30.3 Å². The average molecular weight is 472 g/mol. The molecule has 180 valence electrons. The summed E-state index contributed by atoms with van der Waals surface area (Å²) in [7, 11) is 0. The number of nitriles is 1. The van der Waals surface area contributed by atoms with E-state index in [0.717, 1.165) is 18.6 Å². The van der Waals surface area contributed by atoms with E-state index in [0.29, 0.717) is 30.0 Å². The summed E-state index contributed by atoms with van der Waals surface area (Å²) in [4.78, 5) is 14.8. The molecule has 0 atom stereocenters. The maximum Gasteiger partial charge on any atom is 0.404 e. The van der Waals surface area contributed by atoms with E-state index in [4.69, 9.17) is 19.8 Å². The van der Waals surface area contributed by atoms with Crippen LogP contribution in [0.15, 0.2) is 66.9 Å². The van der Waals surface area contributed by atoms with Gasteiger partial charge in [0, 0.05) is 24.3 Å². The van der Waals surface area contributed by atoms with Gasteiger partial charge >= 0.3 is 6.09 Å². The molecule has 1 aliphatic rings. The molecule has 0 unspecified atom stereocenters. The van der Waals surface area contributed by atoms with Crippen LogP contribution in [-0.2, 0) is 5.41 Å². The molecule has 1 aromatic heterocycles. The summed E-state index contributed by atoms with van der Waals surface area (Å²) in [6.07, 6.45) is 3.86. The number of pyridine rings is 1. The van der Waals surface area contributed by atoms with Crippen molar-refractivity contribution in [3.8, 4) is 23.3 Å². The highest BCUT2D eigenvalue weighted by molar-refractivity contribution is 5.65. The van der Waals surface area contributed by atoms with E-state index in [9.17, 15) is 4.79 Å². The molecule has 1 heterocycles. The van der Waals surface area contributed by atoms with Crippen LogP contribution >= 0.6 is 0 Å². The van der Waals surface area contributed by atoms with Crippen LogP contribution in [0.25, 0.3) is 0 Å². The van der Waals surface area contributed by atoms with Gasteiger partial charge in [-0.2, -0.15) is 5.26 Å². The highest BCUT2D eigenvalue weighted by Crippen LogP contribution is 2.40. The normalized spacial score (nSPS) is 17.1. The summed E-state index contributed by atoms with van der Waals surface area (Å²) in [5.41, 5.74) is 2.65. The number of nitrogens with zero attached hydrogens (tertiary/aromatic N) is 2. The third kappa shape index (κ3) is 5.38. The molecule has 3 aromatic rings. The first-order valence-corrected chi connectivity index (χ1v) is 11.9. The fourth-order valence-corrected chi connectivity index (χ4v) is 4.72. The summed E-state index contributed by atoms with van der Waals surface area (Å²) in [6, 6.07) is 21.7. The van der Waals surface area contributed by atoms with Crippen LogP contribution in [0.1, 0.15) is 56.4 Å². The summed E-state index contributed by atoms with van der Waals surface area (Å²) in [6.45, 7) is 4.40. The van der Waals surface area contributed by atoms with Gasteiger partial charge in [0.2, 0.25) is 0 Å². The van der Waals surface area contributed by atoms with Crippen LogP contribution in [0.3, 0.4) is 0 Å². The third-order valence-electron chi connectivity index (χ3n) is 6.83. The minimum Gasteiger partial charge on any atom is -0.490 e. The number of carboxylic acid groups (broad SMARTS) is 1. The monoisotopic (exact) mass is 471 g/mol. The smallest absolute Gasteiger partial charge is 0.404 e.